The molecule has 2 aromatic heterocycles. The molecule has 5 aliphatic rings. The number of hydrogen-bond acceptors (Lipinski definition) is 5. The van der Waals surface area contributed by atoms with Gasteiger partial charge in [0.15, 0.2) is 15.5 Å². The molecule has 4 saturated carbocycles. The van der Waals surface area contributed by atoms with Crippen LogP contribution in [0.2, 0.25) is 0 Å². The quantitative estimate of drug-likeness (QED) is 0.696. The van der Waals surface area contributed by atoms with Crippen LogP contribution in [0.3, 0.4) is 0 Å². The Morgan fingerprint density at radius 3 is 2.42 bits per heavy atom. The second-order valence-corrected chi connectivity index (χ2v) is 13.2. The summed E-state index contributed by atoms with van der Waals surface area (Å²) in [7, 11) is -3.08. The molecule has 1 atom stereocenters. The van der Waals surface area contributed by atoms with Crippen molar-refractivity contribution < 1.29 is 18.0 Å². The van der Waals surface area contributed by atoms with Gasteiger partial charge in [0, 0.05) is 18.8 Å². The highest BCUT2D eigenvalue weighted by Crippen LogP contribution is 2.59. The lowest BCUT2D eigenvalue weighted by molar-refractivity contribution is -0.0503. The molecule has 4 aliphatic carbocycles. The Bertz CT molecular complexity index is 1200. The highest BCUT2D eigenvalue weighted by molar-refractivity contribution is 7.91. The maximum atomic E-state index is 13.2. The van der Waals surface area contributed by atoms with Crippen LogP contribution in [0.15, 0.2) is 24.4 Å². The third-order valence-electron chi connectivity index (χ3n) is 8.34. The molecule has 2 amide bonds. The zero-order chi connectivity index (χ0) is 22.8. The molecule has 4 bridgehead atoms. The SMILES string of the molecule is O=C(NC1CCS(=O)(=O)C1)c1cc2c(C(=O)NCC34CC5CC(CC(C5)C3)C4)cccn2n1. The van der Waals surface area contributed by atoms with Crippen LogP contribution >= 0.6 is 0 Å². The number of aromatic nitrogens is 2. The Morgan fingerprint density at radius 2 is 1.79 bits per heavy atom. The van der Waals surface area contributed by atoms with Crippen LogP contribution in [0, 0.1) is 23.2 Å². The molecule has 1 saturated heterocycles. The molecule has 5 fully saturated rings. The summed E-state index contributed by atoms with van der Waals surface area (Å²) in [5.41, 5.74) is 1.50. The summed E-state index contributed by atoms with van der Waals surface area (Å²) >= 11 is 0. The van der Waals surface area contributed by atoms with Crippen molar-refractivity contribution in [2.24, 2.45) is 23.2 Å². The predicted octanol–water partition coefficient (Wildman–Crippen LogP) is 2.20. The van der Waals surface area contributed by atoms with E-state index in [0.717, 1.165) is 17.8 Å². The number of nitrogens with one attached hydrogen (secondary N) is 2. The number of carbonyl (C=O) groups is 2. The van der Waals surface area contributed by atoms with Gasteiger partial charge < -0.3 is 10.6 Å². The first kappa shape index (κ1) is 21.1. The molecule has 7 rings (SSSR count). The zero-order valence-corrected chi connectivity index (χ0v) is 19.4. The van der Waals surface area contributed by atoms with Gasteiger partial charge in [0.05, 0.1) is 22.6 Å². The molecule has 0 radical (unpaired) electrons. The molecular formula is C24H30N4O4S. The summed E-state index contributed by atoms with van der Waals surface area (Å²) < 4.78 is 24.9. The van der Waals surface area contributed by atoms with Crippen molar-refractivity contribution in [1.29, 1.82) is 0 Å². The zero-order valence-electron chi connectivity index (χ0n) is 18.6. The fourth-order valence-electron chi connectivity index (χ4n) is 7.36. The fourth-order valence-corrected chi connectivity index (χ4v) is 9.03. The smallest absolute Gasteiger partial charge is 0.272 e. The minimum atomic E-state index is -3.08. The van der Waals surface area contributed by atoms with Gasteiger partial charge in [-0.25, -0.2) is 12.9 Å². The van der Waals surface area contributed by atoms with Crippen LogP contribution in [0.4, 0.5) is 0 Å². The maximum absolute atomic E-state index is 13.2. The van der Waals surface area contributed by atoms with E-state index in [1.165, 1.54) is 38.5 Å². The van der Waals surface area contributed by atoms with Gasteiger partial charge >= 0.3 is 0 Å². The molecule has 8 nitrogen and oxygen atoms in total. The fraction of sp³-hybridized carbons (Fsp3) is 0.625. The van der Waals surface area contributed by atoms with E-state index in [-0.39, 0.29) is 28.5 Å². The standard InChI is InChI=1S/C24H30N4O4S/c29-22(25-14-24-10-15-6-16(11-24)8-17(7-15)12-24)19-2-1-4-28-21(19)9-20(27-28)23(30)26-18-3-5-33(31,32)13-18/h1-2,4,9,15-18H,3,5-8,10-14H2,(H,25,29)(H,26,30). The number of carbonyl (C=O) groups excluding carboxylic acids is 2. The molecule has 2 aromatic rings. The van der Waals surface area contributed by atoms with Gasteiger partial charge in [-0.1, -0.05) is 0 Å². The van der Waals surface area contributed by atoms with Gasteiger partial charge in [-0.2, -0.15) is 5.10 Å². The van der Waals surface area contributed by atoms with Crippen molar-refractivity contribution >= 4 is 27.2 Å². The molecule has 2 N–H and O–H groups in total. The summed E-state index contributed by atoms with van der Waals surface area (Å²) in [5, 5.41) is 10.3. The minimum Gasteiger partial charge on any atom is -0.351 e. The Kier molecular flexibility index (Phi) is 4.83. The Balaban J connectivity index is 1.17. The maximum Gasteiger partial charge on any atom is 0.272 e. The third-order valence-corrected chi connectivity index (χ3v) is 10.1. The summed E-state index contributed by atoms with van der Waals surface area (Å²) in [6.07, 6.45) is 9.95. The molecule has 0 aromatic carbocycles. The van der Waals surface area contributed by atoms with Crippen LogP contribution in [0.1, 0.15) is 65.8 Å². The third kappa shape index (κ3) is 3.94. The predicted molar refractivity (Wildman–Crippen MR) is 123 cm³/mol. The van der Waals surface area contributed by atoms with E-state index in [2.05, 4.69) is 15.7 Å². The van der Waals surface area contributed by atoms with E-state index in [1.54, 1.807) is 28.9 Å². The molecule has 9 heteroatoms. The topological polar surface area (TPSA) is 110 Å². The summed E-state index contributed by atoms with van der Waals surface area (Å²) in [6, 6.07) is 4.73. The van der Waals surface area contributed by atoms with Gasteiger partial charge in [0.2, 0.25) is 0 Å². The summed E-state index contributed by atoms with van der Waals surface area (Å²) in [5.74, 6) is 2.01. The average Bonchev–Trinajstić information content (AvgIpc) is 3.33. The van der Waals surface area contributed by atoms with Crippen LogP contribution in [0.5, 0.6) is 0 Å². The summed E-state index contributed by atoms with van der Waals surface area (Å²) in [4.78, 5) is 25.8. The van der Waals surface area contributed by atoms with Gasteiger partial charge in [-0.15, -0.1) is 0 Å². The van der Waals surface area contributed by atoms with Gasteiger partial charge in [-0.05, 0) is 86.3 Å². The molecule has 1 unspecified atom stereocenters. The monoisotopic (exact) mass is 470 g/mol. The molecule has 33 heavy (non-hydrogen) atoms. The highest BCUT2D eigenvalue weighted by atomic mass is 32.2. The molecule has 1 aliphatic heterocycles. The highest BCUT2D eigenvalue weighted by Gasteiger charge is 2.50. The number of sulfone groups is 1. The van der Waals surface area contributed by atoms with E-state index in [1.807, 2.05) is 0 Å². The van der Waals surface area contributed by atoms with Gasteiger partial charge in [0.25, 0.3) is 11.8 Å². The largest absolute Gasteiger partial charge is 0.351 e. The Morgan fingerprint density at radius 1 is 1.09 bits per heavy atom. The van der Waals surface area contributed by atoms with E-state index in [4.69, 9.17) is 0 Å². The molecule has 0 spiro atoms. The first-order valence-corrected chi connectivity index (χ1v) is 13.9. The number of rotatable bonds is 5. The van der Waals surface area contributed by atoms with E-state index >= 15 is 0 Å². The van der Waals surface area contributed by atoms with Crippen molar-refractivity contribution in [3.63, 3.8) is 0 Å². The minimum absolute atomic E-state index is 0.0376. The van der Waals surface area contributed by atoms with Crippen LogP contribution in [-0.4, -0.2) is 53.9 Å². The van der Waals surface area contributed by atoms with E-state index in [9.17, 15) is 18.0 Å². The summed E-state index contributed by atoms with van der Waals surface area (Å²) in [6.45, 7) is 0.716. The Hall–Kier alpha value is -2.42. The average molecular weight is 471 g/mol. The van der Waals surface area contributed by atoms with E-state index in [0.29, 0.717) is 24.0 Å². The first-order chi connectivity index (χ1) is 15.8. The second-order valence-electron chi connectivity index (χ2n) is 11.0. The van der Waals surface area contributed by atoms with Crippen LogP contribution in [0.25, 0.3) is 5.52 Å². The van der Waals surface area contributed by atoms with E-state index < -0.39 is 21.8 Å². The van der Waals surface area contributed by atoms with Crippen molar-refractivity contribution in [1.82, 2.24) is 20.2 Å². The normalized spacial score (nSPS) is 33.9. The van der Waals surface area contributed by atoms with Crippen molar-refractivity contribution in [3.05, 3.63) is 35.7 Å². The first-order valence-electron chi connectivity index (χ1n) is 12.1. The number of fused-ring (bicyclic) bond motifs is 1. The number of pyridine rings is 1. The van der Waals surface area contributed by atoms with Crippen molar-refractivity contribution in [3.8, 4) is 0 Å². The molecule has 176 valence electrons. The molecular weight excluding hydrogens is 440 g/mol. The Labute approximate surface area is 193 Å². The van der Waals surface area contributed by atoms with Gasteiger partial charge in [0.1, 0.15) is 0 Å². The van der Waals surface area contributed by atoms with Crippen LogP contribution < -0.4 is 10.6 Å². The van der Waals surface area contributed by atoms with Crippen molar-refractivity contribution in [2.75, 3.05) is 18.1 Å². The second kappa shape index (κ2) is 7.55. The lowest BCUT2D eigenvalue weighted by atomic mass is 9.49. The number of amides is 2. The van der Waals surface area contributed by atoms with Gasteiger partial charge in [-0.3, -0.25) is 9.59 Å². The lowest BCUT2D eigenvalue weighted by Gasteiger charge is -2.56. The van der Waals surface area contributed by atoms with Crippen molar-refractivity contribution in [2.45, 2.75) is 51.0 Å². The number of nitrogens with zero attached hydrogens (tertiary/aromatic N) is 2. The lowest BCUT2D eigenvalue weighted by Crippen LogP contribution is -2.51. The van der Waals surface area contributed by atoms with Crippen LogP contribution in [-0.2, 0) is 9.84 Å². The number of hydrogen-bond donors (Lipinski definition) is 2. The molecule has 3 heterocycles.